The van der Waals surface area contributed by atoms with E-state index in [1.807, 2.05) is 43.3 Å². The monoisotopic (exact) mass is 346 g/mol. The Labute approximate surface area is 143 Å². The minimum atomic E-state index is 0.577. The average Bonchev–Trinajstić information content (AvgIpc) is 2.88. The lowest BCUT2D eigenvalue weighted by molar-refractivity contribution is 1.34. The van der Waals surface area contributed by atoms with Gasteiger partial charge in [0.05, 0.1) is 10.7 Å². The normalized spacial score (nSPS) is 11.2. The van der Waals surface area contributed by atoms with Crippen molar-refractivity contribution in [1.82, 2.24) is 4.98 Å². The van der Waals surface area contributed by atoms with Gasteiger partial charge in [0.15, 0.2) is 0 Å². The SMILES string of the molecule is Cc1sc(N=Cc2ccc(Cl)cc2Cl)nc1-c1ccccc1. The van der Waals surface area contributed by atoms with Gasteiger partial charge in [0.2, 0.25) is 5.13 Å². The number of aryl methyl sites for hydroxylation is 1. The Morgan fingerprint density at radius 2 is 1.86 bits per heavy atom. The summed E-state index contributed by atoms with van der Waals surface area (Å²) in [5.41, 5.74) is 2.89. The first-order valence-electron chi connectivity index (χ1n) is 6.65. The van der Waals surface area contributed by atoms with Crippen molar-refractivity contribution in [3.8, 4) is 11.3 Å². The summed E-state index contributed by atoms with van der Waals surface area (Å²) < 4.78 is 0. The molecule has 0 atom stereocenters. The summed E-state index contributed by atoms with van der Waals surface area (Å²) in [6.45, 7) is 2.05. The molecule has 2 nitrogen and oxygen atoms in total. The molecule has 0 fully saturated rings. The van der Waals surface area contributed by atoms with E-state index in [4.69, 9.17) is 23.2 Å². The quantitative estimate of drug-likeness (QED) is 0.520. The Morgan fingerprint density at radius 1 is 1.09 bits per heavy atom. The van der Waals surface area contributed by atoms with E-state index in [-0.39, 0.29) is 0 Å². The molecule has 0 saturated carbocycles. The maximum absolute atomic E-state index is 6.14. The van der Waals surface area contributed by atoms with Gasteiger partial charge in [-0.05, 0) is 19.1 Å². The van der Waals surface area contributed by atoms with Crippen LogP contribution in [0.1, 0.15) is 10.4 Å². The van der Waals surface area contributed by atoms with E-state index in [0.29, 0.717) is 15.2 Å². The van der Waals surface area contributed by atoms with Crippen molar-refractivity contribution in [2.24, 2.45) is 4.99 Å². The largest absolute Gasteiger partial charge is 0.227 e. The Bertz CT molecular complexity index is 826. The van der Waals surface area contributed by atoms with Crippen LogP contribution in [0.4, 0.5) is 5.13 Å². The summed E-state index contributed by atoms with van der Waals surface area (Å²) in [5.74, 6) is 0. The first-order chi connectivity index (χ1) is 10.6. The second kappa shape index (κ2) is 6.61. The molecule has 3 aromatic rings. The summed E-state index contributed by atoms with van der Waals surface area (Å²) >= 11 is 13.6. The lowest BCUT2D eigenvalue weighted by Gasteiger charge is -1.97. The third-order valence-electron chi connectivity index (χ3n) is 3.11. The number of aromatic nitrogens is 1. The summed E-state index contributed by atoms with van der Waals surface area (Å²) in [6.07, 6.45) is 1.71. The third-order valence-corrected chi connectivity index (χ3v) is 4.55. The molecular weight excluding hydrogens is 335 g/mol. The molecule has 0 amide bonds. The molecule has 1 aromatic heterocycles. The smallest absolute Gasteiger partial charge is 0.209 e. The lowest BCUT2D eigenvalue weighted by atomic mass is 10.1. The molecule has 5 heteroatoms. The van der Waals surface area contributed by atoms with Crippen LogP contribution in [0.25, 0.3) is 11.3 Å². The van der Waals surface area contributed by atoms with Gasteiger partial charge in [-0.3, -0.25) is 0 Å². The predicted molar refractivity (Wildman–Crippen MR) is 96.0 cm³/mol. The van der Waals surface area contributed by atoms with Crippen LogP contribution in [0.15, 0.2) is 53.5 Å². The molecule has 0 aliphatic rings. The zero-order chi connectivity index (χ0) is 15.5. The molecule has 3 rings (SSSR count). The fourth-order valence-corrected chi connectivity index (χ4v) is 3.27. The maximum Gasteiger partial charge on any atom is 0.209 e. The first kappa shape index (κ1) is 15.2. The third kappa shape index (κ3) is 3.38. The van der Waals surface area contributed by atoms with Crippen LogP contribution < -0.4 is 0 Å². The molecule has 0 aliphatic heterocycles. The lowest BCUT2D eigenvalue weighted by Crippen LogP contribution is -1.82. The molecule has 22 heavy (non-hydrogen) atoms. The molecule has 0 radical (unpaired) electrons. The molecule has 1 heterocycles. The van der Waals surface area contributed by atoms with E-state index < -0.39 is 0 Å². The fourth-order valence-electron chi connectivity index (χ4n) is 2.03. The van der Waals surface area contributed by atoms with E-state index >= 15 is 0 Å². The zero-order valence-electron chi connectivity index (χ0n) is 11.8. The number of aliphatic imine (C=N–C) groups is 1. The topological polar surface area (TPSA) is 25.2 Å². The van der Waals surface area contributed by atoms with Crippen molar-refractivity contribution >= 4 is 45.9 Å². The highest BCUT2D eigenvalue weighted by Gasteiger charge is 2.08. The van der Waals surface area contributed by atoms with E-state index in [1.54, 1.807) is 29.7 Å². The van der Waals surface area contributed by atoms with E-state index in [2.05, 4.69) is 9.98 Å². The number of thiazole rings is 1. The number of rotatable bonds is 3. The summed E-state index contributed by atoms with van der Waals surface area (Å²) in [7, 11) is 0. The Morgan fingerprint density at radius 3 is 2.59 bits per heavy atom. The Kier molecular flexibility index (Phi) is 4.57. The standard InChI is InChI=1S/C17H12Cl2N2S/c1-11-16(12-5-3-2-4-6-12)21-17(22-11)20-10-13-7-8-14(18)9-15(13)19/h2-10H,1H3. The molecular formula is C17H12Cl2N2S. The molecule has 0 N–H and O–H groups in total. The number of benzene rings is 2. The first-order valence-corrected chi connectivity index (χ1v) is 8.23. The number of hydrogen-bond acceptors (Lipinski definition) is 3. The number of nitrogens with zero attached hydrogens (tertiary/aromatic N) is 2. The molecule has 0 bridgehead atoms. The molecule has 0 spiro atoms. The van der Waals surface area contributed by atoms with Gasteiger partial charge in [0, 0.05) is 27.2 Å². The zero-order valence-corrected chi connectivity index (χ0v) is 14.1. The van der Waals surface area contributed by atoms with Crippen molar-refractivity contribution < 1.29 is 0 Å². The van der Waals surface area contributed by atoms with Crippen molar-refractivity contribution in [2.45, 2.75) is 6.92 Å². The van der Waals surface area contributed by atoms with Crippen LogP contribution in [0.3, 0.4) is 0 Å². The molecule has 2 aromatic carbocycles. The van der Waals surface area contributed by atoms with Gasteiger partial charge >= 0.3 is 0 Å². The molecule has 0 saturated heterocycles. The minimum absolute atomic E-state index is 0.577. The highest BCUT2D eigenvalue weighted by Crippen LogP contribution is 2.32. The second-order valence-electron chi connectivity index (χ2n) is 4.69. The number of hydrogen-bond donors (Lipinski definition) is 0. The van der Waals surface area contributed by atoms with Gasteiger partial charge in [0.25, 0.3) is 0 Å². The van der Waals surface area contributed by atoms with Crippen molar-refractivity contribution in [3.05, 3.63) is 69.0 Å². The fraction of sp³-hybridized carbons (Fsp3) is 0.0588. The van der Waals surface area contributed by atoms with E-state index in [9.17, 15) is 0 Å². The van der Waals surface area contributed by atoms with Gasteiger partial charge < -0.3 is 0 Å². The molecule has 110 valence electrons. The minimum Gasteiger partial charge on any atom is -0.227 e. The highest BCUT2D eigenvalue weighted by molar-refractivity contribution is 7.15. The predicted octanol–water partition coefficient (Wildman–Crippen LogP) is 6.18. The van der Waals surface area contributed by atoms with Gasteiger partial charge in [-0.15, -0.1) is 0 Å². The van der Waals surface area contributed by atoms with Crippen LogP contribution in [-0.2, 0) is 0 Å². The van der Waals surface area contributed by atoms with Crippen molar-refractivity contribution in [3.63, 3.8) is 0 Å². The average molecular weight is 347 g/mol. The summed E-state index contributed by atoms with van der Waals surface area (Å²) in [6, 6.07) is 15.4. The van der Waals surface area contributed by atoms with Crippen LogP contribution in [-0.4, -0.2) is 11.2 Å². The molecule has 0 aliphatic carbocycles. The Hall–Kier alpha value is -1.68. The van der Waals surface area contributed by atoms with Crippen LogP contribution in [0.2, 0.25) is 10.0 Å². The van der Waals surface area contributed by atoms with Crippen LogP contribution in [0.5, 0.6) is 0 Å². The highest BCUT2D eigenvalue weighted by atomic mass is 35.5. The van der Waals surface area contributed by atoms with Gasteiger partial charge in [-0.25, -0.2) is 9.98 Å². The van der Waals surface area contributed by atoms with Crippen LogP contribution >= 0.6 is 34.5 Å². The summed E-state index contributed by atoms with van der Waals surface area (Å²) in [5, 5.41) is 1.90. The second-order valence-corrected chi connectivity index (χ2v) is 6.72. The van der Waals surface area contributed by atoms with Gasteiger partial charge in [-0.2, -0.15) is 0 Å². The van der Waals surface area contributed by atoms with E-state index in [1.165, 1.54) is 0 Å². The van der Waals surface area contributed by atoms with Gasteiger partial charge in [-0.1, -0.05) is 70.9 Å². The van der Waals surface area contributed by atoms with Crippen molar-refractivity contribution in [1.29, 1.82) is 0 Å². The van der Waals surface area contributed by atoms with E-state index in [0.717, 1.165) is 21.7 Å². The number of halogens is 2. The Balaban J connectivity index is 1.89. The van der Waals surface area contributed by atoms with Gasteiger partial charge in [0.1, 0.15) is 0 Å². The molecule has 0 unspecified atom stereocenters. The maximum atomic E-state index is 6.14. The van der Waals surface area contributed by atoms with Crippen LogP contribution in [0, 0.1) is 6.92 Å². The summed E-state index contributed by atoms with van der Waals surface area (Å²) in [4.78, 5) is 10.2. The van der Waals surface area contributed by atoms with Crippen molar-refractivity contribution in [2.75, 3.05) is 0 Å².